The Balaban J connectivity index is 1.37. The zero-order valence-electron chi connectivity index (χ0n) is 28.0. The zero-order chi connectivity index (χ0) is 36.1. The van der Waals surface area contributed by atoms with Gasteiger partial charge in [0.1, 0.15) is 11.6 Å². The van der Waals surface area contributed by atoms with Gasteiger partial charge in [-0.25, -0.2) is 27.2 Å². The number of aromatic amines is 1. The second-order valence-electron chi connectivity index (χ2n) is 13.2. The first-order chi connectivity index (χ1) is 24.3. The van der Waals surface area contributed by atoms with Gasteiger partial charge in [0.15, 0.2) is 18.3 Å². The minimum absolute atomic E-state index is 0.00858. The fourth-order valence-electron chi connectivity index (χ4n) is 6.42. The summed E-state index contributed by atoms with van der Waals surface area (Å²) in [5, 5.41) is 19.2. The predicted octanol–water partition coefficient (Wildman–Crippen LogP) is 8.01. The highest BCUT2D eigenvalue weighted by molar-refractivity contribution is 7.99. The number of hydrogen-bond acceptors (Lipinski definition) is 6. The number of nitrogens with zero attached hydrogens (tertiary/aromatic N) is 5. The Labute approximate surface area is 294 Å². The van der Waals surface area contributed by atoms with Crippen LogP contribution in [0.3, 0.4) is 0 Å². The van der Waals surface area contributed by atoms with Crippen molar-refractivity contribution in [1.82, 2.24) is 29.5 Å². The number of ether oxygens (including phenoxy) is 1. The number of benzene rings is 3. The summed E-state index contributed by atoms with van der Waals surface area (Å²) in [5.41, 5.74) is 1.37. The maximum Gasteiger partial charge on any atom is 0.306 e. The minimum Gasteiger partial charge on any atom is -0.481 e. The Morgan fingerprint density at radius 2 is 1.90 bits per heavy atom. The lowest BCUT2D eigenvalue weighted by atomic mass is 9.76. The maximum atomic E-state index is 15.8. The monoisotopic (exact) mass is 718 g/mol. The summed E-state index contributed by atoms with van der Waals surface area (Å²) in [6, 6.07) is 16.2. The van der Waals surface area contributed by atoms with Gasteiger partial charge >= 0.3 is 5.97 Å². The molecule has 6 aromatic rings. The average Bonchev–Trinajstić information content (AvgIpc) is 3.85. The van der Waals surface area contributed by atoms with Crippen LogP contribution in [0.15, 0.2) is 82.8 Å². The van der Waals surface area contributed by atoms with E-state index in [2.05, 4.69) is 15.2 Å². The van der Waals surface area contributed by atoms with Crippen LogP contribution in [0.2, 0.25) is 0 Å². The molecule has 3 aromatic heterocycles. The summed E-state index contributed by atoms with van der Waals surface area (Å²) >= 11 is 1.12. The zero-order valence-corrected chi connectivity index (χ0v) is 28.8. The van der Waals surface area contributed by atoms with Crippen LogP contribution in [0.25, 0.3) is 22.3 Å². The van der Waals surface area contributed by atoms with E-state index in [0.717, 1.165) is 17.1 Å². The molecule has 264 valence electrons. The SMILES string of the molecule is CC(Cc1cccc(C2(C)CCC(F)(F)COc3ccn(n3)Cc3c(c(F)cc4[nH]ccc34)Sc3ccc(F)c(c3)-c3nc2nn3C)c1)C(=O)O. The lowest BCUT2D eigenvalue weighted by molar-refractivity contribution is -0.141. The van der Waals surface area contributed by atoms with Gasteiger partial charge in [0.25, 0.3) is 5.92 Å². The van der Waals surface area contributed by atoms with Gasteiger partial charge in [-0.1, -0.05) is 43.0 Å². The largest absolute Gasteiger partial charge is 0.481 e. The van der Waals surface area contributed by atoms with Crippen LogP contribution >= 0.6 is 11.8 Å². The predicted molar refractivity (Wildman–Crippen MR) is 183 cm³/mol. The van der Waals surface area contributed by atoms with E-state index in [9.17, 15) is 9.90 Å². The normalized spacial score (nSPS) is 18.3. The molecule has 1 aliphatic rings. The molecule has 0 spiro atoms. The molecule has 0 fully saturated rings. The molecule has 0 amide bonds. The van der Waals surface area contributed by atoms with Crippen molar-refractivity contribution in [2.45, 2.75) is 60.8 Å². The Bertz CT molecular complexity index is 2270. The van der Waals surface area contributed by atoms with Crippen molar-refractivity contribution in [3.05, 3.63) is 107 Å². The van der Waals surface area contributed by atoms with E-state index < -0.39 is 47.9 Å². The summed E-state index contributed by atoms with van der Waals surface area (Å²) in [6.07, 6.45) is 2.76. The summed E-state index contributed by atoms with van der Waals surface area (Å²) in [7, 11) is 1.60. The summed E-state index contributed by atoms with van der Waals surface area (Å²) in [5.74, 6) is -5.68. The van der Waals surface area contributed by atoms with Gasteiger partial charge in [0, 0.05) is 47.7 Å². The van der Waals surface area contributed by atoms with Crippen molar-refractivity contribution < 1.29 is 32.2 Å². The molecule has 7 rings (SSSR count). The number of fused-ring (bicyclic) bond motifs is 10. The fourth-order valence-corrected chi connectivity index (χ4v) is 7.43. The number of rotatable bonds is 4. The number of carbonyl (C=O) groups is 1. The van der Waals surface area contributed by atoms with E-state index in [1.54, 1.807) is 69.7 Å². The molecule has 0 radical (unpaired) electrons. The lowest BCUT2D eigenvalue weighted by Gasteiger charge is -2.30. The van der Waals surface area contributed by atoms with Crippen LogP contribution < -0.4 is 4.74 Å². The topological polar surface area (TPSA) is 111 Å². The third-order valence-corrected chi connectivity index (χ3v) is 10.5. The highest BCUT2D eigenvalue weighted by Gasteiger charge is 2.40. The molecule has 9 nitrogen and oxygen atoms in total. The number of halogens is 4. The third kappa shape index (κ3) is 6.84. The summed E-state index contributed by atoms with van der Waals surface area (Å²) in [6.45, 7) is 2.51. The van der Waals surface area contributed by atoms with Crippen LogP contribution in [-0.4, -0.2) is 53.1 Å². The molecule has 6 bridgehead atoms. The second kappa shape index (κ2) is 13.2. The molecule has 2 atom stereocenters. The Morgan fingerprint density at radius 3 is 2.71 bits per heavy atom. The van der Waals surface area contributed by atoms with Crippen LogP contribution in [0.4, 0.5) is 17.6 Å². The van der Waals surface area contributed by atoms with E-state index >= 15 is 17.6 Å². The first-order valence-electron chi connectivity index (χ1n) is 16.3. The number of carboxylic acids is 1. The van der Waals surface area contributed by atoms with Crippen molar-refractivity contribution in [3.63, 3.8) is 0 Å². The van der Waals surface area contributed by atoms with Crippen LogP contribution in [0.5, 0.6) is 5.88 Å². The molecule has 14 heteroatoms. The molecule has 4 heterocycles. The van der Waals surface area contributed by atoms with Crippen molar-refractivity contribution in [3.8, 4) is 17.3 Å². The number of nitrogens with one attached hydrogen (secondary N) is 1. The van der Waals surface area contributed by atoms with E-state index in [0.29, 0.717) is 32.0 Å². The molecule has 2 N–H and O–H groups in total. The van der Waals surface area contributed by atoms with E-state index in [1.165, 1.54) is 27.6 Å². The summed E-state index contributed by atoms with van der Waals surface area (Å²) < 4.78 is 71.1. The fraction of sp³-hybridized carbons (Fsp3) is 0.297. The number of aromatic nitrogens is 6. The maximum absolute atomic E-state index is 15.8. The highest BCUT2D eigenvalue weighted by Crippen LogP contribution is 2.42. The van der Waals surface area contributed by atoms with Gasteiger partial charge in [-0.05, 0) is 66.8 Å². The van der Waals surface area contributed by atoms with Gasteiger partial charge in [0.05, 0.1) is 28.3 Å². The highest BCUT2D eigenvalue weighted by atomic mass is 32.2. The standard InChI is InChI=1S/C37H34F4N6O3S/c1-21(34(48)49)15-22-5-4-6-23(16-22)36(2)11-12-37(40,41)20-50-31-10-14-47(44-31)19-27-25-9-13-42-30(25)18-29(39)32(27)51-24-7-8-28(38)26(17-24)33-43-35(36)45-46(33)3/h4-10,13-14,16-18,21,42H,11-12,15,19-20H2,1-3H3,(H,48,49). The first kappa shape index (κ1) is 34.3. The molecule has 3 aromatic carbocycles. The van der Waals surface area contributed by atoms with Gasteiger partial charge in [-0.15, -0.1) is 5.10 Å². The van der Waals surface area contributed by atoms with Crippen LogP contribution in [0.1, 0.15) is 49.2 Å². The number of carboxylic acid groups (broad SMARTS) is 1. The van der Waals surface area contributed by atoms with Gasteiger partial charge in [-0.2, -0.15) is 5.10 Å². The smallest absolute Gasteiger partial charge is 0.306 e. The average molecular weight is 719 g/mol. The molecule has 1 aliphatic heterocycles. The number of aliphatic carboxylic acids is 1. The Kier molecular flexibility index (Phi) is 8.90. The van der Waals surface area contributed by atoms with Crippen molar-refractivity contribution in [2.24, 2.45) is 13.0 Å². The number of alkyl halides is 2. The van der Waals surface area contributed by atoms with Gasteiger partial charge in [-0.3, -0.25) is 9.48 Å². The number of aryl methyl sites for hydroxylation is 1. The second-order valence-corrected chi connectivity index (χ2v) is 14.3. The van der Waals surface area contributed by atoms with Crippen molar-refractivity contribution in [1.29, 1.82) is 0 Å². The summed E-state index contributed by atoms with van der Waals surface area (Å²) in [4.78, 5) is 20.2. The number of hydrogen-bond donors (Lipinski definition) is 2. The van der Waals surface area contributed by atoms with Gasteiger partial charge < -0.3 is 14.8 Å². The minimum atomic E-state index is -3.30. The van der Waals surface area contributed by atoms with Crippen molar-refractivity contribution >= 4 is 28.6 Å². The van der Waals surface area contributed by atoms with E-state index in [1.807, 2.05) is 6.07 Å². The quantitative estimate of drug-likeness (QED) is 0.178. The van der Waals surface area contributed by atoms with E-state index in [4.69, 9.17) is 9.72 Å². The Hall–Kier alpha value is -5.11. The number of H-pyrrole nitrogens is 1. The molecule has 0 saturated heterocycles. The van der Waals surface area contributed by atoms with Crippen LogP contribution in [-0.2, 0) is 30.2 Å². The van der Waals surface area contributed by atoms with Crippen molar-refractivity contribution in [2.75, 3.05) is 6.61 Å². The van der Waals surface area contributed by atoms with E-state index in [-0.39, 0.29) is 42.5 Å². The molecular formula is C37H34F4N6O3S. The van der Waals surface area contributed by atoms with Gasteiger partial charge in [0.2, 0.25) is 5.88 Å². The molecule has 51 heavy (non-hydrogen) atoms. The molecular weight excluding hydrogens is 685 g/mol. The lowest BCUT2D eigenvalue weighted by Crippen LogP contribution is -2.32. The third-order valence-electron chi connectivity index (χ3n) is 9.41. The molecule has 0 saturated carbocycles. The molecule has 0 aliphatic carbocycles. The Morgan fingerprint density at radius 1 is 1.08 bits per heavy atom. The molecule has 2 unspecified atom stereocenters. The van der Waals surface area contributed by atoms with Crippen LogP contribution in [0, 0.1) is 17.6 Å². The first-order valence-corrected chi connectivity index (χ1v) is 17.2.